The summed E-state index contributed by atoms with van der Waals surface area (Å²) >= 11 is 6.19. The number of aryl methyl sites for hydroxylation is 1. The Balaban J connectivity index is 1.37. The highest BCUT2D eigenvalue weighted by atomic mass is 35.5. The van der Waals surface area contributed by atoms with Crippen molar-refractivity contribution in [2.24, 2.45) is 5.92 Å². The van der Waals surface area contributed by atoms with Crippen molar-refractivity contribution in [2.75, 3.05) is 12.3 Å². The molecule has 0 bridgehead atoms. The predicted molar refractivity (Wildman–Crippen MR) is 172 cm³/mol. The largest absolute Gasteiger partial charge is 0.377 e. The predicted octanol–water partition coefficient (Wildman–Crippen LogP) is 5.58. The first kappa shape index (κ1) is 29.0. The van der Waals surface area contributed by atoms with Crippen molar-refractivity contribution in [1.82, 2.24) is 19.5 Å². The summed E-state index contributed by atoms with van der Waals surface area (Å²) in [5.41, 5.74) is 8.30. The number of nitrogens with two attached hydrogens (primary N) is 1. The average Bonchev–Trinajstić information content (AvgIpc) is 3.36. The molecule has 0 unspecified atom stereocenters. The normalized spacial score (nSPS) is 13.0. The van der Waals surface area contributed by atoms with E-state index in [4.69, 9.17) is 22.1 Å². The summed E-state index contributed by atoms with van der Waals surface area (Å²) in [6.45, 7) is 11.4. The van der Waals surface area contributed by atoms with Gasteiger partial charge in [0.1, 0.15) is 5.52 Å². The lowest BCUT2D eigenvalue weighted by molar-refractivity contribution is 0.0887. The van der Waals surface area contributed by atoms with E-state index in [1.54, 1.807) is 6.33 Å². The number of anilines is 1. The zero-order chi connectivity index (χ0) is 29.0. The van der Waals surface area contributed by atoms with Crippen LogP contribution in [0.15, 0.2) is 91.3 Å². The fraction of sp³-hybridized carbons (Fsp3) is 0.303. The van der Waals surface area contributed by atoms with Gasteiger partial charge < -0.3 is 15.0 Å². The van der Waals surface area contributed by atoms with Crippen LogP contribution in [0.1, 0.15) is 39.7 Å². The molecule has 0 aliphatic rings. The molecule has 1 atom stereocenters. The molecule has 2 aromatic heterocycles. The van der Waals surface area contributed by atoms with Crippen LogP contribution < -0.4 is 21.3 Å². The molecule has 8 heteroatoms. The lowest BCUT2D eigenvalue weighted by Crippen LogP contribution is -2.72. The minimum absolute atomic E-state index is 0.0164. The van der Waals surface area contributed by atoms with Gasteiger partial charge >= 0.3 is 0 Å². The zero-order valence-corrected chi connectivity index (χ0v) is 26.0. The van der Waals surface area contributed by atoms with Gasteiger partial charge in [-0.25, -0.2) is 4.98 Å². The molecule has 212 valence electrons. The molecule has 2 N–H and O–H groups in total. The van der Waals surface area contributed by atoms with Crippen LogP contribution in [0.5, 0.6) is 0 Å². The van der Waals surface area contributed by atoms with Crippen LogP contribution in [0.3, 0.4) is 0 Å². The molecule has 6 nitrogen and oxygen atoms in total. The third kappa shape index (κ3) is 5.80. The van der Waals surface area contributed by atoms with E-state index in [2.05, 4.69) is 128 Å². The van der Waals surface area contributed by atoms with Crippen LogP contribution in [0.25, 0.3) is 11.2 Å². The molecule has 0 aliphatic carbocycles. The highest BCUT2D eigenvalue weighted by Crippen LogP contribution is 2.36. The summed E-state index contributed by atoms with van der Waals surface area (Å²) in [5, 5.41) is 4.54. The Hall–Kier alpha value is -3.52. The van der Waals surface area contributed by atoms with Crippen molar-refractivity contribution < 1.29 is 4.74 Å². The topological polar surface area (TPSA) is 78.9 Å². The van der Waals surface area contributed by atoms with Crippen LogP contribution in [-0.4, -0.2) is 34.2 Å². The van der Waals surface area contributed by atoms with Crippen molar-refractivity contribution in [3.05, 3.63) is 102 Å². The molecule has 2 heterocycles. The van der Waals surface area contributed by atoms with Crippen LogP contribution >= 0.6 is 11.6 Å². The standard InChI is InChI=1S/C33H38ClN5OSi/c1-24(19-20-39-23-36-29-30(34)37-32(35)38-31(29)39)21-40-22-25-13-11-12-18-28(25)41(33(2,3)4,26-14-7-5-8-15-26)27-16-9-6-10-17-27/h5-18,23-24H,19-22H2,1-4H3,(H2,35,37,38)/t24-/m1/s1. The molecule has 0 spiro atoms. The quantitative estimate of drug-likeness (QED) is 0.132. The van der Waals surface area contributed by atoms with Crippen LogP contribution in [-0.2, 0) is 17.9 Å². The van der Waals surface area contributed by atoms with Gasteiger partial charge in [-0.1, -0.05) is 124 Å². The van der Waals surface area contributed by atoms with E-state index in [1.807, 2.05) is 4.57 Å². The molecular weight excluding hydrogens is 546 g/mol. The van der Waals surface area contributed by atoms with Gasteiger partial charge in [-0.3, -0.25) is 0 Å². The first-order valence-corrected chi connectivity index (χ1v) is 16.5. The number of nitrogen functional groups attached to an aromatic ring is 1. The summed E-state index contributed by atoms with van der Waals surface area (Å²) in [7, 11) is -2.46. The van der Waals surface area contributed by atoms with E-state index in [0.717, 1.165) is 13.0 Å². The number of aromatic nitrogens is 4. The highest BCUT2D eigenvalue weighted by molar-refractivity contribution is 7.13. The molecular formula is C33H38ClN5OSi. The molecule has 5 rings (SSSR count). The maximum absolute atomic E-state index is 6.43. The second kappa shape index (κ2) is 12.1. The third-order valence-corrected chi connectivity index (χ3v) is 14.1. The Kier molecular flexibility index (Phi) is 8.59. The van der Waals surface area contributed by atoms with Gasteiger partial charge in [0, 0.05) is 13.2 Å². The van der Waals surface area contributed by atoms with Crippen LogP contribution in [0, 0.1) is 5.92 Å². The minimum Gasteiger partial charge on any atom is -0.377 e. The monoisotopic (exact) mass is 583 g/mol. The van der Waals surface area contributed by atoms with E-state index < -0.39 is 8.07 Å². The van der Waals surface area contributed by atoms with Gasteiger partial charge in [-0.15, -0.1) is 0 Å². The van der Waals surface area contributed by atoms with Gasteiger partial charge in [0.15, 0.2) is 18.9 Å². The van der Waals surface area contributed by atoms with Crippen LogP contribution in [0.2, 0.25) is 10.2 Å². The smallest absolute Gasteiger partial charge is 0.223 e. The lowest BCUT2D eigenvalue weighted by atomic mass is 10.1. The number of rotatable bonds is 10. The van der Waals surface area contributed by atoms with Gasteiger partial charge in [-0.05, 0) is 38.5 Å². The SMILES string of the molecule is C[C@H](CCn1cnc2c(Cl)nc(N)nc21)COCc1ccccc1[Si](c1ccccc1)(c1ccccc1)C(C)(C)C. The summed E-state index contributed by atoms with van der Waals surface area (Å²) < 4.78 is 8.41. The van der Waals surface area contributed by atoms with E-state index in [-0.39, 0.29) is 16.1 Å². The van der Waals surface area contributed by atoms with Gasteiger partial charge in [0.25, 0.3) is 0 Å². The second-order valence-electron chi connectivity index (χ2n) is 11.8. The fourth-order valence-electron chi connectivity index (χ4n) is 6.04. The number of nitrogens with zero attached hydrogens (tertiary/aromatic N) is 4. The van der Waals surface area contributed by atoms with E-state index in [1.165, 1.54) is 21.1 Å². The summed E-state index contributed by atoms with van der Waals surface area (Å²) in [5.74, 6) is 0.488. The van der Waals surface area contributed by atoms with E-state index >= 15 is 0 Å². The van der Waals surface area contributed by atoms with Gasteiger partial charge in [0.05, 0.1) is 12.9 Å². The summed E-state index contributed by atoms with van der Waals surface area (Å²) in [6.07, 6.45) is 2.65. The number of fused-ring (bicyclic) bond motifs is 1. The highest BCUT2D eigenvalue weighted by Gasteiger charge is 2.49. The number of hydrogen-bond donors (Lipinski definition) is 1. The molecule has 0 radical (unpaired) electrons. The Morgan fingerprint density at radius 2 is 1.51 bits per heavy atom. The van der Waals surface area contributed by atoms with Crippen molar-refractivity contribution in [3.63, 3.8) is 0 Å². The molecule has 3 aromatic carbocycles. The number of halogens is 1. The number of ether oxygens (including phenoxy) is 1. The molecule has 0 saturated carbocycles. The van der Waals surface area contributed by atoms with E-state index in [0.29, 0.717) is 30.3 Å². The molecule has 41 heavy (non-hydrogen) atoms. The third-order valence-electron chi connectivity index (χ3n) is 7.92. The lowest BCUT2D eigenvalue weighted by Gasteiger charge is -2.45. The maximum Gasteiger partial charge on any atom is 0.223 e. The number of benzene rings is 3. The van der Waals surface area contributed by atoms with E-state index in [9.17, 15) is 0 Å². The van der Waals surface area contributed by atoms with Gasteiger partial charge in [0.2, 0.25) is 5.95 Å². The van der Waals surface area contributed by atoms with Crippen molar-refractivity contribution in [3.8, 4) is 0 Å². The first-order chi connectivity index (χ1) is 19.7. The Morgan fingerprint density at radius 1 is 0.902 bits per heavy atom. The molecule has 0 amide bonds. The number of hydrogen-bond acceptors (Lipinski definition) is 5. The summed E-state index contributed by atoms with van der Waals surface area (Å²) in [6, 6.07) is 31.0. The molecule has 5 aromatic rings. The van der Waals surface area contributed by atoms with Crippen molar-refractivity contribution in [1.29, 1.82) is 0 Å². The first-order valence-electron chi connectivity index (χ1n) is 14.1. The Bertz CT molecular complexity index is 1560. The molecule has 0 aliphatic heterocycles. The Labute approximate surface area is 248 Å². The van der Waals surface area contributed by atoms with Gasteiger partial charge in [-0.2, -0.15) is 9.97 Å². The maximum atomic E-state index is 6.43. The average molecular weight is 584 g/mol. The Morgan fingerprint density at radius 3 is 2.15 bits per heavy atom. The zero-order valence-electron chi connectivity index (χ0n) is 24.2. The second-order valence-corrected chi connectivity index (χ2v) is 16.8. The number of imidazole rings is 1. The fourth-order valence-corrected chi connectivity index (χ4v) is 12.1. The minimum atomic E-state index is -2.46. The molecule has 0 fully saturated rings. The van der Waals surface area contributed by atoms with Crippen LogP contribution in [0.4, 0.5) is 5.95 Å². The summed E-state index contributed by atoms with van der Waals surface area (Å²) in [4.78, 5) is 12.7. The van der Waals surface area contributed by atoms with Crippen molar-refractivity contribution >= 4 is 52.3 Å². The van der Waals surface area contributed by atoms with Crippen molar-refractivity contribution in [2.45, 2.75) is 52.3 Å². The molecule has 0 saturated heterocycles.